The molecule has 104 valence electrons. The second kappa shape index (κ2) is 5.56. The average Bonchev–Trinajstić information content (AvgIpc) is 2.69. The van der Waals surface area contributed by atoms with Crippen LogP contribution in [-0.4, -0.2) is 43.4 Å². The largest absolute Gasteiger partial charge is 0.385 e. The summed E-state index contributed by atoms with van der Waals surface area (Å²) in [5.41, 5.74) is 1.14. The van der Waals surface area contributed by atoms with Gasteiger partial charge in [0.15, 0.2) is 9.84 Å². The Hall–Kier alpha value is -1.63. The molecule has 1 unspecified atom stereocenters. The maximum absolute atomic E-state index is 12.1. The van der Waals surface area contributed by atoms with Crippen molar-refractivity contribution in [2.24, 2.45) is 0 Å². The van der Waals surface area contributed by atoms with Crippen LogP contribution in [0.2, 0.25) is 0 Å². The number of carbonyl (C=O) groups excluding carboxylic acids is 1. The van der Waals surface area contributed by atoms with Crippen LogP contribution >= 0.6 is 0 Å². The number of hydrogen-bond donors (Lipinski definition) is 2. The van der Waals surface area contributed by atoms with Gasteiger partial charge in [0.05, 0.1) is 22.8 Å². The molecule has 1 aliphatic heterocycles. The molecule has 19 heavy (non-hydrogen) atoms. The highest BCUT2D eigenvalue weighted by atomic mass is 32.2. The van der Waals surface area contributed by atoms with Gasteiger partial charge in [-0.3, -0.25) is 9.78 Å². The van der Waals surface area contributed by atoms with Crippen molar-refractivity contribution in [3.8, 4) is 0 Å². The van der Waals surface area contributed by atoms with Gasteiger partial charge in [0.1, 0.15) is 0 Å². The molecule has 0 spiro atoms. The fraction of sp³-hybridized carbons (Fsp3) is 0.500. The van der Waals surface area contributed by atoms with Crippen LogP contribution in [0.15, 0.2) is 18.5 Å². The lowest BCUT2D eigenvalue weighted by atomic mass is 10.2. The Kier molecular flexibility index (Phi) is 4.04. The van der Waals surface area contributed by atoms with Crippen LogP contribution < -0.4 is 10.6 Å². The summed E-state index contributed by atoms with van der Waals surface area (Å²) in [6.45, 7) is 2.63. The van der Waals surface area contributed by atoms with Crippen molar-refractivity contribution in [2.45, 2.75) is 19.4 Å². The minimum atomic E-state index is -2.99. The van der Waals surface area contributed by atoms with E-state index in [1.165, 1.54) is 6.20 Å². The summed E-state index contributed by atoms with van der Waals surface area (Å²) in [6, 6.07) is 1.43. The fourth-order valence-electron chi connectivity index (χ4n) is 2.09. The summed E-state index contributed by atoms with van der Waals surface area (Å²) in [7, 11) is -2.99. The zero-order chi connectivity index (χ0) is 13.9. The van der Waals surface area contributed by atoms with Crippen LogP contribution in [0, 0.1) is 0 Å². The summed E-state index contributed by atoms with van der Waals surface area (Å²) in [5, 5.41) is 5.83. The van der Waals surface area contributed by atoms with E-state index < -0.39 is 9.84 Å². The second-order valence-corrected chi connectivity index (χ2v) is 6.75. The molecule has 1 fully saturated rings. The van der Waals surface area contributed by atoms with Gasteiger partial charge in [-0.05, 0) is 19.4 Å². The Morgan fingerprint density at radius 2 is 2.32 bits per heavy atom. The number of nitrogens with one attached hydrogen (secondary N) is 2. The molecule has 6 nitrogen and oxygen atoms in total. The highest BCUT2D eigenvalue weighted by Gasteiger charge is 2.29. The number of aromatic nitrogens is 1. The molecule has 0 aromatic carbocycles. The number of amides is 1. The first-order valence-electron chi connectivity index (χ1n) is 6.21. The summed E-state index contributed by atoms with van der Waals surface area (Å²) in [6.07, 6.45) is 3.57. The maximum atomic E-state index is 12.1. The van der Waals surface area contributed by atoms with Crippen molar-refractivity contribution in [1.29, 1.82) is 0 Å². The van der Waals surface area contributed by atoms with E-state index in [2.05, 4.69) is 15.6 Å². The van der Waals surface area contributed by atoms with Gasteiger partial charge in [0, 0.05) is 25.0 Å². The molecule has 2 rings (SSSR count). The molecule has 0 radical (unpaired) electrons. The second-order valence-electron chi connectivity index (χ2n) is 4.53. The minimum Gasteiger partial charge on any atom is -0.385 e. The zero-order valence-corrected chi connectivity index (χ0v) is 11.5. The minimum absolute atomic E-state index is 0.0234. The highest BCUT2D eigenvalue weighted by Crippen LogP contribution is 2.16. The van der Waals surface area contributed by atoms with Crippen molar-refractivity contribution in [3.63, 3.8) is 0 Å². The topological polar surface area (TPSA) is 88.2 Å². The Morgan fingerprint density at radius 1 is 1.53 bits per heavy atom. The van der Waals surface area contributed by atoms with Gasteiger partial charge in [0.25, 0.3) is 5.91 Å². The molecule has 2 N–H and O–H groups in total. The third-order valence-corrected chi connectivity index (χ3v) is 4.77. The lowest BCUT2D eigenvalue weighted by Gasteiger charge is -2.13. The van der Waals surface area contributed by atoms with Crippen LogP contribution in [-0.2, 0) is 9.84 Å². The van der Waals surface area contributed by atoms with Crippen LogP contribution in [0.1, 0.15) is 23.7 Å². The number of sulfone groups is 1. The van der Waals surface area contributed by atoms with E-state index in [4.69, 9.17) is 0 Å². The Labute approximate surface area is 112 Å². The normalized spacial score (nSPS) is 21.0. The van der Waals surface area contributed by atoms with Gasteiger partial charge in [-0.25, -0.2) is 8.42 Å². The zero-order valence-electron chi connectivity index (χ0n) is 10.7. The maximum Gasteiger partial charge on any atom is 0.255 e. The van der Waals surface area contributed by atoms with Gasteiger partial charge >= 0.3 is 0 Å². The molecule has 1 aromatic heterocycles. The quantitative estimate of drug-likeness (QED) is 0.836. The van der Waals surface area contributed by atoms with Crippen molar-refractivity contribution >= 4 is 21.4 Å². The molecule has 1 aromatic rings. The lowest BCUT2D eigenvalue weighted by molar-refractivity contribution is 0.0941. The molecule has 1 saturated heterocycles. The third-order valence-electron chi connectivity index (χ3n) is 3.00. The number of anilines is 1. The van der Waals surface area contributed by atoms with Crippen molar-refractivity contribution in [2.75, 3.05) is 23.4 Å². The summed E-state index contributed by atoms with van der Waals surface area (Å²) < 4.78 is 22.7. The molecule has 0 bridgehead atoms. The SMILES string of the molecule is CCNc1ccncc1C(=O)NC1CCS(=O)(=O)C1. The van der Waals surface area contributed by atoms with Crippen LogP contribution in [0.5, 0.6) is 0 Å². The highest BCUT2D eigenvalue weighted by molar-refractivity contribution is 7.91. The van der Waals surface area contributed by atoms with Gasteiger partial charge < -0.3 is 10.6 Å². The van der Waals surface area contributed by atoms with Crippen LogP contribution in [0.3, 0.4) is 0 Å². The monoisotopic (exact) mass is 283 g/mol. The van der Waals surface area contributed by atoms with E-state index in [9.17, 15) is 13.2 Å². The van der Waals surface area contributed by atoms with E-state index in [1.807, 2.05) is 6.92 Å². The number of hydrogen-bond acceptors (Lipinski definition) is 5. The molecule has 2 heterocycles. The summed E-state index contributed by atoms with van der Waals surface area (Å²) in [5.74, 6) is -0.119. The molecular weight excluding hydrogens is 266 g/mol. The molecule has 1 aliphatic rings. The molecule has 1 amide bonds. The predicted octanol–water partition coefficient (Wildman–Crippen LogP) is 0.430. The Balaban J connectivity index is 2.08. The molecule has 1 atom stereocenters. The van der Waals surface area contributed by atoms with E-state index in [-0.39, 0.29) is 23.5 Å². The van der Waals surface area contributed by atoms with E-state index in [1.54, 1.807) is 12.3 Å². The number of nitrogens with zero attached hydrogens (tertiary/aromatic N) is 1. The standard InChI is InChI=1S/C12H17N3O3S/c1-2-14-11-3-5-13-7-10(11)12(16)15-9-4-6-19(17,18)8-9/h3,5,7,9H,2,4,6,8H2,1H3,(H,13,14)(H,15,16). The number of pyridine rings is 1. The Morgan fingerprint density at radius 3 is 2.95 bits per heavy atom. The molecule has 7 heteroatoms. The number of rotatable bonds is 4. The first kappa shape index (κ1) is 13.8. The lowest BCUT2D eigenvalue weighted by Crippen LogP contribution is -2.36. The van der Waals surface area contributed by atoms with E-state index in [0.29, 0.717) is 24.2 Å². The third kappa shape index (κ3) is 3.44. The molecule has 0 aliphatic carbocycles. The number of carbonyl (C=O) groups is 1. The van der Waals surface area contributed by atoms with Gasteiger partial charge in [0.2, 0.25) is 0 Å². The summed E-state index contributed by atoms with van der Waals surface area (Å²) >= 11 is 0. The Bertz CT molecular complexity index is 571. The molecular formula is C12H17N3O3S. The fourth-order valence-corrected chi connectivity index (χ4v) is 3.77. The smallest absolute Gasteiger partial charge is 0.255 e. The van der Waals surface area contributed by atoms with Gasteiger partial charge in [-0.1, -0.05) is 0 Å². The van der Waals surface area contributed by atoms with Crippen molar-refractivity contribution in [3.05, 3.63) is 24.0 Å². The van der Waals surface area contributed by atoms with Gasteiger partial charge in [-0.2, -0.15) is 0 Å². The first-order chi connectivity index (χ1) is 9.02. The van der Waals surface area contributed by atoms with E-state index >= 15 is 0 Å². The summed E-state index contributed by atoms with van der Waals surface area (Å²) in [4.78, 5) is 16.1. The molecule has 0 saturated carbocycles. The van der Waals surface area contributed by atoms with Crippen molar-refractivity contribution in [1.82, 2.24) is 10.3 Å². The van der Waals surface area contributed by atoms with Crippen LogP contribution in [0.25, 0.3) is 0 Å². The van der Waals surface area contributed by atoms with Gasteiger partial charge in [-0.15, -0.1) is 0 Å². The van der Waals surface area contributed by atoms with E-state index in [0.717, 1.165) is 0 Å². The first-order valence-corrected chi connectivity index (χ1v) is 8.03. The predicted molar refractivity (Wildman–Crippen MR) is 72.9 cm³/mol. The van der Waals surface area contributed by atoms with Crippen LogP contribution in [0.4, 0.5) is 5.69 Å². The van der Waals surface area contributed by atoms with Crippen molar-refractivity contribution < 1.29 is 13.2 Å². The average molecular weight is 283 g/mol.